The molecule has 1 amide bonds. The number of rotatable bonds is 3. The van der Waals surface area contributed by atoms with Crippen LogP contribution in [0.5, 0.6) is 0 Å². The maximum Gasteiger partial charge on any atom is 0.239 e. The molecule has 1 aromatic heterocycles. The van der Waals surface area contributed by atoms with Crippen molar-refractivity contribution in [2.75, 3.05) is 13.1 Å². The molecule has 134 valence electrons. The molecule has 2 heterocycles. The van der Waals surface area contributed by atoms with E-state index in [0.717, 1.165) is 31.4 Å². The number of carbonyl (C=O) groups is 1. The van der Waals surface area contributed by atoms with Crippen molar-refractivity contribution < 1.29 is 4.79 Å². The summed E-state index contributed by atoms with van der Waals surface area (Å²) in [5.74, 6) is 0.754. The first-order valence-electron chi connectivity index (χ1n) is 7.96. The van der Waals surface area contributed by atoms with Crippen LogP contribution in [0.15, 0.2) is 24.3 Å². The van der Waals surface area contributed by atoms with Gasteiger partial charge in [-0.15, -0.1) is 36.2 Å². The topological polar surface area (TPSA) is 59.2 Å². The van der Waals surface area contributed by atoms with E-state index in [-0.39, 0.29) is 42.7 Å². The molecule has 1 fully saturated rings. The number of hydrogen-bond donors (Lipinski definition) is 1. The van der Waals surface area contributed by atoms with Crippen LogP contribution in [0.2, 0.25) is 0 Å². The highest BCUT2D eigenvalue weighted by Gasteiger charge is 2.29. The van der Waals surface area contributed by atoms with E-state index in [2.05, 4.69) is 18.2 Å². The number of amides is 1. The number of nitrogens with two attached hydrogens (primary N) is 1. The molecule has 3 rings (SSSR count). The van der Waals surface area contributed by atoms with E-state index in [1.807, 2.05) is 24.8 Å². The van der Waals surface area contributed by atoms with Crippen molar-refractivity contribution in [2.45, 2.75) is 38.6 Å². The first-order chi connectivity index (χ1) is 10.6. The third-order valence-electron chi connectivity index (χ3n) is 4.47. The summed E-state index contributed by atoms with van der Waals surface area (Å²) in [5.41, 5.74) is 7.07. The second-order valence-electron chi connectivity index (χ2n) is 6.39. The van der Waals surface area contributed by atoms with E-state index in [9.17, 15) is 4.79 Å². The van der Waals surface area contributed by atoms with Gasteiger partial charge >= 0.3 is 0 Å². The Balaban J connectivity index is 0.00000144. The van der Waals surface area contributed by atoms with E-state index in [1.165, 1.54) is 9.71 Å². The van der Waals surface area contributed by atoms with Crippen molar-refractivity contribution in [1.82, 2.24) is 9.88 Å². The van der Waals surface area contributed by atoms with Gasteiger partial charge in [-0.2, -0.15) is 0 Å². The van der Waals surface area contributed by atoms with Gasteiger partial charge in [0.25, 0.3) is 0 Å². The highest BCUT2D eigenvalue weighted by atomic mass is 35.5. The maximum atomic E-state index is 12.3. The van der Waals surface area contributed by atoms with Gasteiger partial charge in [0.2, 0.25) is 5.91 Å². The minimum atomic E-state index is -0.376. The molecule has 2 N–H and O–H groups in total. The molecule has 4 nitrogen and oxygen atoms in total. The van der Waals surface area contributed by atoms with Gasteiger partial charge in [-0.25, -0.2) is 4.98 Å². The number of likely N-dealkylation sites (tertiary alicyclic amines) is 1. The smallest absolute Gasteiger partial charge is 0.239 e. The molecule has 7 heteroatoms. The van der Waals surface area contributed by atoms with Crippen LogP contribution in [0.4, 0.5) is 0 Å². The van der Waals surface area contributed by atoms with E-state index < -0.39 is 0 Å². The fraction of sp³-hybridized carbons (Fsp3) is 0.529. The second-order valence-corrected chi connectivity index (χ2v) is 7.45. The standard InChI is InChI=1S/C17H23N3OS.2ClH/c1-11(2)15(18)17(21)20-9-7-12(8-10-20)16-19-13-5-3-4-6-14(13)22-16;;/h3-6,11-12,15H,7-10,18H2,1-2H3;2*1H/t15-;;/m1../s1. The van der Waals surface area contributed by atoms with Crippen LogP contribution in [0.3, 0.4) is 0 Å². The molecule has 2 aromatic rings. The van der Waals surface area contributed by atoms with Gasteiger partial charge < -0.3 is 10.6 Å². The van der Waals surface area contributed by atoms with Gasteiger partial charge in [0.15, 0.2) is 0 Å². The highest BCUT2D eigenvalue weighted by molar-refractivity contribution is 7.18. The quantitative estimate of drug-likeness (QED) is 0.867. The van der Waals surface area contributed by atoms with Gasteiger partial charge in [0, 0.05) is 19.0 Å². The van der Waals surface area contributed by atoms with E-state index in [0.29, 0.717) is 5.92 Å². The molecular formula is C17H25Cl2N3OS. The Bertz CT molecular complexity index is 636. The Labute approximate surface area is 159 Å². The van der Waals surface area contributed by atoms with Gasteiger partial charge in [-0.1, -0.05) is 26.0 Å². The van der Waals surface area contributed by atoms with Crippen molar-refractivity contribution in [1.29, 1.82) is 0 Å². The van der Waals surface area contributed by atoms with Crippen molar-refractivity contribution in [2.24, 2.45) is 11.7 Å². The molecule has 1 aliphatic heterocycles. The monoisotopic (exact) mass is 389 g/mol. The summed E-state index contributed by atoms with van der Waals surface area (Å²) < 4.78 is 1.25. The summed E-state index contributed by atoms with van der Waals surface area (Å²) >= 11 is 1.79. The largest absolute Gasteiger partial charge is 0.341 e. The lowest BCUT2D eigenvalue weighted by Gasteiger charge is -2.33. The van der Waals surface area contributed by atoms with E-state index in [4.69, 9.17) is 10.7 Å². The fourth-order valence-corrected chi connectivity index (χ4v) is 4.04. The predicted molar refractivity (Wildman–Crippen MR) is 105 cm³/mol. The molecule has 0 spiro atoms. The van der Waals surface area contributed by atoms with Crippen molar-refractivity contribution in [3.05, 3.63) is 29.3 Å². The second kappa shape index (κ2) is 8.99. The molecule has 24 heavy (non-hydrogen) atoms. The zero-order chi connectivity index (χ0) is 15.7. The average Bonchev–Trinajstić information content (AvgIpc) is 2.97. The number of hydrogen-bond acceptors (Lipinski definition) is 4. The molecule has 1 aromatic carbocycles. The van der Waals surface area contributed by atoms with Crippen LogP contribution in [0.1, 0.15) is 37.6 Å². The number of carbonyl (C=O) groups excluding carboxylic acids is 1. The number of benzene rings is 1. The normalized spacial score (nSPS) is 16.6. The Morgan fingerprint density at radius 2 is 1.88 bits per heavy atom. The molecule has 1 atom stereocenters. The summed E-state index contributed by atoms with van der Waals surface area (Å²) in [7, 11) is 0. The molecule has 0 aliphatic carbocycles. The molecule has 1 aliphatic rings. The molecule has 0 bridgehead atoms. The molecule has 0 saturated carbocycles. The van der Waals surface area contributed by atoms with Crippen LogP contribution in [0, 0.1) is 5.92 Å². The SMILES string of the molecule is CC(C)[C@@H](N)C(=O)N1CCC(c2nc3ccccc3s2)CC1.Cl.Cl. The van der Waals surface area contributed by atoms with Gasteiger partial charge in [0.1, 0.15) is 0 Å². The number of nitrogens with zero attached hydrogens (tertiary/aromatic N) is 2. The van der Waals surface area contributed by atoms with Crippen molar-refractivity contribution >= 4 is 52.3 Å². The van der Waals surface area contributed by atoms with Crippen LogP contribution in [0.25, 0.3) is 10.2 Å². The lowest BCUT2D eigenvalue weighted by Crippen LogP contribution is -2.49. The summed E-state index contributed by atoms with van der Waals surface area (Å²) in [4.78, 5) is 19.0. The molecular weight excluding hydrogens is 365 g/mol. The Morgan fingerprint density at radius 3 is 2.46 bits per heavy atom. The van der Waals surface area contributed by atoms with Crippen LogP contribution >= 0.6 is 36.2 Å². The van der Waals surface area contributed by atoms with Gasteiger partial charge in [0.05, 0.1) is 21.3 Å². The highest BCUT2D eigenvalue weighted by Crippen LogP contribution is 2.33. The Kier molecular flexibility index (Phi) is 7.93. The Hall–Kier alpha value is -0.880. The number of halogens is 2. The summed E-state index contributed by atoms with van der Waals surface area (Å²) in [6.07, 6.45) is 1.97. The minimum Gasteiger partial charge on any atom is -0.341 e. The molecule has 1 saturated heterocycles. The molecule has 0 radical (unpaired) electrons. The number of fused-ring (bicyclic) bond motifs is 1. The minimum absolute atomic E-state index is 0. The zero-order valence-electron chi connectivity index (χ0n) is 14.0. The van der Waals surface area contributed by atoms with Crippen LogP contribution < -0.4 is 5.73 Å². The average molecular weight is 390 g/mol. The fourth-order valence-electron chi connectivity index (χ4n) is 2.91. The zero-order valence-corrected chi connectivity index (χ0v) is 16.4. The Morgan fingerprint density at radius 1 is 1.25 bits per heavy atom. The van der Waals surface area contributed by atoms with E-state index in [1.54, 1.807) is 11.3 Å². The number of piperidine rings is 1. The van der Waals surface area contributed by atoms with E-state index >= 15 is 0 Å². The van der Waals surface area contributed by atoms with Gasteiger partial charge in [-0.3, -0.25) is 4.79 Å². The lowest BCUT2D eigenvalue weighted by atomic mass is 9.96. The van der Waals surface area contributed by atoms with Crippen molar-refractivity contribution in [3.8, 4) is 0 Å². The van der Waals surface area contributed by atoms with Crippen LogP contribution in [-0.4, -0.2) is 34.9 Å². The van der Waals surface area contributed by atoms with Crippen LogP contribution in [-0.2, 0) is 4.79 Å². The molecule has 0 unspecified atom stereocenters. The van der Waals surface area contributed by atoms with Crippen molar-refractivity contribution in [3.63, 3.8) is 0 Å². The lowest BCUT2D eigenvalue weighted by molar-refractivity contribution is -0.134. The predicted octanol–water partition coefficient (Wildman–Crippen LogP) is 3.83. The maximum absolute atomic E-state index is 12.3. The summed E-state index contributed by atoms with van der Waals surface area (Å²) in [6.45, 7) is 5.58. The third-order valence-corrected chi connectivity index (χ3v) is 5.67. The number of aromatic nitrogens is 1. The van der Waals surface area contributed by atoms with Gasteiger partial charge in [-0.05, 0) is 30.9 Å². The summed E-state index contributed by atoms with van der Waals surface area (Å²) in [5, 5.41) is 1.21. The first-order valence-corrected chi connectivity index (χ1v) is 8.77. The number of thiazole rings is 1. The first kappa shape index (κ1) is 21.2. The summed E-state index contributed by atoms with van der Waals surface area (Å²) in [6, 6.07) is 7.89. The third kappa shape index (κ3) is 4.39. The number of para-hydroxylation sites is 1.